The zero-order chi connectivity index (χ0) is 13.5. The lowest BCUT2D eigenvalue weighted by molar-refractivity contribution is -0.144. The molecule has 0 aliphatic carbocycles. The van der Waals surface area contributed by atoms with Crippen LogP contribution in [-0.4, -0.2) is 47.3 Å². The molecule has 6 heteroatoms. The van der Waals surface area contributed by atoms with Crippen molar-refractivity contribution >= 4 is 39.1 Å². The number of thiophene rings is 1. The molecule has 1 aliphatic heterocycles. The molecule has 0 saturated carbocycles. The Morgan fingerprint density at radius 2 is 2.11 bits per heavy atom. The molecule has 4 nitrogen and oxygen atoms in total. The van der Waals surface area contributed by atoms with Crippen LogP contribution in [0.25, 0.3) is 0 Å². The summed E-state index contributed by atoms with van der Waals surface area (Å²) in [6.07, 6.45) is 0. The molecular formula is C12H15BrN2O2S. The second-order valence-corrected chi connectivity index (χ2v) is 6.61. The summed E-state index contributed by atoms with van der Waals surface area (Å²) in [6.45, 7) is 4.74. The van der Waals surface area contributed by atoms with Crippen LogP contribution in [0.5, 0.6) is 0 Å². The van der Waals surface area contributed by atoms with Crippen LogP contribution < -0.4 is 0 Å². The normalized spacial score (nSPS) is 19.2. The molecule has 1 aromatic heterocycles. The number of rotatable bonds is 1. The molecule has 1 fully saturated rings. The van der Waals surface area contributed by atoms with E-state index in [2.05, 4.69) is 15.9 Å². The predicted molar refractivity (Wildman–Crippen MR) is 74.8 cm³/mol. The van der Waals surface area contributed by atoms with Gasteiger partial charge in [0.15, 0.2) is 0 Å². The standard InChI is InChI=1S/C12H15BrN2O2S/c1-12(2)11(17)14(3)5-6-15(12)10(16)9-8(13)4-7-18-9/h4,7H,5-6H2,1-3H3. The van der Waals surface area contributed by atoms with Crippen molar-refractivity contribution in [2.45, 2.75) is 19.4 Å². The zero-order valence-corrected chi connectivity index (χ0v) is 13.0. The molecule has 1 saturated heterocycles. The number of hydrogen-bond acceptors (Lipinski definition) is 3. The number of carbonyl (C=O) groups excluding carboxylic acids is 2. The summed E-state index contributed by atoms with van der Waals surface area (Å²) in [5.41, 5.74) is -0.784. The van der Waals surface area contributed by atoms with Crippen LogP contribution in [0.1, 0.15) is 23.5 Å². The molecule has 0 radical (unpaired) electrons. The molecule has 98 valence electrons. The molecule has 0 atom stereocenters. The van der Waals surface area contributed by atoms with Crippen molar-refractivity contribution in [2.75, 3.05) is 20.1 Å². The molecule has 0 unspecified atom stereocenters. The SMILES string of the molecule is CN1CCN(C(=O)c2sccc2Br)C(C)(C)C1=O. The van der Waals surface area contributed by atoms with Crippen molar-refractivity contribution in [2.24, 2.45) is 0 Å². The Labute approximate surface area is 119 Å². The Kier molecular flexibility index (Phi) is 3.51. The summed E-state index contributed by atoms with van der Waals surface area (Å²) in [4.78, 5) is 28.6. The van der Waals surface area contributed by atoms with Crippen molar-refractivity contribution in [1.29, 1.82) is 0 Å². The number of nitrogens with zero attached hydrogens (tertiary/aromatic N) is 2. The smallest absolute Gasteiger partial charge is 0.266 e. The van der Waals surface area contributed by atoms with Crippen molar-refractivity contribution in [3.05, 3.63) is 20.8 Å². The lowest BCUT2D eigenvalue weighted by Gasteiger charge is -2.44. The Morgan fingerprint density at radius 3 is 2.67 bits per heavy atom. The minimum absolute atomic E-state index is 0.0187. The van der Waals surface area contributed by atoms with Gasteiger partial charge in [0.2, 0.25) is 5.91 Å². The Balaban J connectivity index is 2.31. The van der Waals surface area contributed by atoms with Gasteiger partial charge in [0.05, 0.1) is 0 Å². The molecule has 18 heavy (non-hydrogen) atoms. The van der Waals surface area contributed by atoms with Crippen LogP contribution in [0.15, 0.2) is 15.9 Å². The lowest BCUT2D eigenvalue weighted by Crippen LogP contribution is -2.63. The van der Waals surface area contributed by atoms with E-state index in [1.807, 2.05) is 11.4 Å². The number of piperazine rings is 1. The highest BCUT2D eigenvalue weighted by Gasteiger charge is 2.43. The van der Waals surface area contributed by atoms with Gasteiger partial charge in [0, 0.05) is 24.6 Å². The maximum absolute atomic E-state index is 12.5. The third kappa shape index (κ3) is 2.07. The maximum atomic E-state index is 12.5. The molecule has 0 aromatic carbocycles. The highest BCUT2D eigenvalue weighted by atomic mass is 79.9. The third-order valence-electron chi connectivity index (χ3n) is 3.26. The molecule has 2 rings (SSSR count). The summed E-state index contributed by atoms with van der Waals surface area (Å²) in [5.74, 6) is -0.0990. The zero-order valence-electron chi connectivity index (χ0n) is 10.6. The fourth-order valence-corrected chi connectivity index (χ4v) is 3.63. The maximum Gasteiger partial charge on any atom is 0.266 e. The van der Waals surface area contributed by atoms with Gasteiger partial charge in [-0.3, -0.25) is 9.59 Å². The van der Waals surface area contributed by atoms with Gasteiger partial charge < -0.3 is 9.80 Å². The van der Waals surface area contributed by atoms with Crippen molar-refractivity contribution < 1.29 is 9.59 Å². The number of carbonyl (C=O) groups is 2. The van der Waals surface area contributed by atoms with Crippen molar-refractivity contribution in [3.63, 3.8) is 0 Å². The summed E-state index contributed by atoms with van der Waals surface area (Å²) in [6, 6.07) is 1.85. The van der Waals surface area contributed by atoms with Crippen LogP contribution in [0.2, 0.25) is 0 Å². The number of hydrogen-bond donors (Lipinski definition) is 0. The molecule has 0 bridgehead atoms. The summed E-state index contributed by atoms with van der Waals surface area (Å²) < 4.78 is 0.791. The molecule has 1 aliphatic rings. The first kappa shape index (κ1) is 13.5. The van der Waals surface area contributed by atoms with E-state index in [4.69, 9.17) is 0 Å². The molecule has 2 amide bonds. The van der Waals surface area contributed by atoms with Crippen LogP contribution in [0.4, 0.5) is 0 Å². The minimum Gasteiger partial charge on any atom is -0.342 e. The second kappa shape index (κ2) is 4.66. The highest BCUT2D eigenvalue weighted by Crippen LogP contribution is 2.29. The fraction of sp³-hybridized carbons (Fsp3) is 0.500. The van der Waals surface area contributed by atoms with Crippen LogP contribution >= 0.6 is 27.3 Å². The van der Waals surface area contributed by atoms with Crippen LogP contribution in [-0.2, 0) is 4.79 Å². The van der Waals surface area contributed by atoms with E-state index in [1.165, 1.54) is 11.3 Å². The number of likely N-dealkylation sites (N-methyl/N-ethyl adjacent to an activating group) is 1. The van der Waals surface area contributed by atoms with Gasteiger partial charge in [-0.25, -0.2) is 0 Å². The Morgan fingerprint density at radius 1 is 1.44 bits per heavy atom. The lowest BCUT2D eigenvalue weighted by atomic mass is 9.97. The molecule has 0 N–H and O–H groups in total. The fourth-order valence-electron chi connectivity index (χ4n) is 2.14. The first-order chi connectivity index (χ1) is 8.35. The minimum atomic E-state index is -0.784. The van der Waals surface area contributed by atoms with Gasteiger partial charge in [-0.1, -0.05) is 0 Å². The topological polar surface area (TPSA) is 40.6 Å². The van der Waals surface area contributed by atoms with E-state index < -0.39 is 5.54 Å². The monoisotopic (exact) mass is 330 g/mol. The van der Waals surface area contributed by atoms with Crippen molar-refractivity contribution in [1.82, 2.24) is 9.80 Å². The summed E-state index contributed by atoms with van der Waals surface area (Å²) >= 11 is 4.76. The largest absolute Gasteiger partial charge is 0.342 e. The van der Waals surface area contributed by atoms with E-state index in [-0.39, 0.29) is 11.8 Å². The quantitative estimate of drug-likeness (QED) is 0.792. The number of halogens is 1. The summed E-state index contributed by atoms with van der Waals surface area (Å²) in [5, 5.41) is 1.86. The van der Waals surface area contributed by atoms with E-state index in [1.54, 1.807) is 30.7 Å². The van der Waals surface area contributed by atoms with Gasteiger partial charge >= 0.3 is 0 Å². The Hall–Kier alpha value is -0.880. The summed E-state index contributed by atoms with van der Waals surface area (Å²) in [7, 11) is 1.77. The van der Waals surface area contributed by atoms with Crippen LogP contribution in [0.3, 0.4) is 0 Å². The van der Waals surface area contributed by atoms with E-state index >= 15 is 0 Å². The number of amides is 2. The molecule has 1 aromatic rings. The molecular weight excluding hydrogens is 316 g/mol. The average molecular weight is 331 g/mol. The first-order valence-corrected chi connectivity index (χ1v) is 7.33. The Bertz CT molecular complexity index is 498. The molecule has 0 spiro atoms. The van der Waals surface area contributed by atoms with Crippen LogP contribution in [0, 0.1) is 0 Å². The van der Waals surface area contributed by atoms with Gasteiger partial charge in [-0.05, 0) is 41.2 Å². The molecule has 2 heterocycles. The first-order valence-electron chi connectivity index (χ1n) is 5.66. The van der Waals surface area contributed by atoms with E-state index in [0.29, 0.717) is 18.0 Å². The van der Waals surface area contributed by atoms with Crippen molar-refractivity contribution in [3.8, 4) is 0 Å². The van der Waals surface area contributed by atoms with Gasteiger partial charge in [-0.2, -0.15) is 0 Å². The second-order valence-electron chi connectivity index (χ2n) is 4.84. The van der Waals surface area contributed by atoms with Gasteiger partial charge in [-0.15, -0.1) is 11.3 Å². The third-order valence-corrected chi connectivity index (χ3v) is 5.09. The van der Waals surface area contributed by atoms with Gasteiger partial charge in [0.1, 0.15) is 10.4 Å². The predicted octanol–water partition coefficient (Wildman–Crippen LogP) is 2.20. The van der Waals surface area contributed by atoms with E-state index in [9.17, 15) is 9.59 Å². The van der Waals surface area contributed by atoms with Gasteiger partial charge in [0.25, 0.3) is 5.91 Å². The average Bonchev–Trinajstić information content (AvgIpc) is 2.72. The highest BCUT2D eigenvalue weighted by molar-refractivity contribution is 9.10. The van der Waals surface area contributed by atoms with E-state index in [0.717, 1.165) is 4.47 Å².